The Morgan fingerprint density at radius 1 is 1.25 bits per heavy atom. The van der Waals surface area contributed by atoms with Crippen LogP contribution in [0.3, 0.4) is 0 Å². The minimum absolute atomic E-state index is 0.684. The van der Waals surface area contributed by atoms with Gasteiger partial charge in [0.25, 0.3) is 0 Å². The average Bonchev–Trinajstić information content (AvgIpc) is 1.72. The average molecular weight is 112 g/mol. The molecule has 0 saturated carbocycles. The smallest absolute Gasteiger partial charge is 0.0613 e. The second-order valence-corrected chi connectivity index (χ2v) is 2.74. The summed E-state index contributed by atoms with van der Waals surface area (Å²) < 4.78 is 0. The highest BCUT2D eigenvalue weighted by atomic mass is 15.2. The first-order chi connectivity index (χ1) is 3.97. The summed E-state index contributed by atoms with van der Waals surface area (Å²) in [5.41, 5.74) is 0. The van der Waals surface area contributed by atoms with Crippen LogP contribution in [0.4, 0.5) is 0 Å². The van der Waals surface area contributed by atoms with Gasteiger partial charge in [-0.25, -0.2) is 0 Å². The molecule has 2 saturated heterocycles. The normalized spacial score (nSPS) is 45.0. The van der Waals surface area contributed by atoms with E-state index in [1.807, 2.05) is 0 Å². The maximum absolute atomic E-state index is 3.41. The number of rotatable bonds is 0. The molecule has 0 amide bonds. The van der Waals surface area contributed by atoms with Gasteiger partial charge in [-0.15, -0.1) is 0 Å². The molecule has 2 unspecified atom stereocenters. The van der Waals surface area contributed by atoms with Crippen LogP contribution in [0.2, 0.25) is 0 Å². The van der Waals surface area contributed by atoms with Gasteiger partial charge in [0.05, 0.1) is 6.17 Å². The SMILES string of the molecule is C1CNC2NCC2C1. The molecule has 2 aliphatic heterocycles. The second kappa shape index (κ2) is 1.71. The summed E-state index contributed by atoms with van der Waals surface area (Å²) in [6.07, 6.45) is 3.50. The Kier molecular flexibility index (Phi) is 1.02. The van der Waals surface area contributed by atoms with E-state index in [0.717, 1.165) is 5.92 Å². The fourth-order valence-corrected chi connectivity index (χ4v) is 1.53. The first-order valence-electron chi connectivity index (χ1n) is 3.43. The predicted octanol–water partition coefficient (Wildman–Crippen LogP) is -0.0847. The van der Waals surface area contributed by atoms with Crippen LogP contribution in [-0.4, -0.2) is 19.3 Å². The van der Waals surface area contributed by atoms with Crippen LogP contribution in [0.15, 0.2) is 0 Å². The van der Waals surface area contributed by atoms with Gasteiger partial charge < -0.3 is 10.6 Å². The molecule has 0 aromatic carbocycles. The molecule has 8 heavy (non-hydrogen) atoms. The molecule has 2 rings (SSSR count). The zero-order chi connectivity index (χ0) is 5.40. The lowest BCUT2D eigenvalue weighted by atomic mass is 9.90. The summed E-state index contributed by atoms with van der Waals surface area (Å²) in [7, 11) is 0. The first kappa shape index (κ1) is 4.77. The van der Waals surface area contributed by atoms with Crippen LogP contribution in [0.25, 0.3) is 0 Å². The molecule has 0 bridgehead atoms. The topological polar surface area (TPSA) is 24.1 Å². The van der Waals surface area contributed by atoms with Crippen molar-refractivity contribution >= 4 is 0 Å². The number of nitrogens with one attached hydrogen (secondary N) is 2. The summed E-state index contributed by atoms with van der Waals surface area (Å²) in [5, 5.41) is 6.74. The Bertz CT molecular complexity index is 80.5. The molecule has 0 aromatic rings. The minimum atomic E-state index is 0.684. The fraction of sp³-hybridized carbons (Fsp3) is 1.00. The van der Waals surface area contributed by atoms with Gasteiger partial charge >= 0.3 is 0 Å². The van der Waals surface area contributed by atoms with Crippen molar-refractivity contribution in [2.75, 3.05) is 13.1 Å². The Morgan fingerprint density at radius 2 is 2.25 bits per heavy atom. The van der Waals surface area contributed by atoms with E-state index in [1.165, 1.54) is 25.9 Å². The van der Waals surface area contributed by atoms with Crippen molar-refractivity contribution < 1.29 is 0 Å². The van der Waals surface area contributed by atoms with Gasteiger partial charge in [0.1, 0.15) is 0 Å². The summed E-state index contributed by atoms with van der Waals surface area (Å²) in [5.74, 6) is 0.962. The van der Waals surface area contributed by atoms with Gasteiger partial charge in [0, 0.05) is 6.54 Å². The Hall–Kier alpha value is -0.0800. The molecule has 2 aliphatic rings. The lowest BCUT2D eigenvalue weighted by Crippen LogP contribution is -2.63. The lowest BCUT2D eigenvalue weighted by Gasteiger charge is -2.42. The van der Waals surface area contributed by atoms with Gasteiger partial charge in [-0.3, -0.25) is 0 Å². The van der Waals surface area contributed by atoms with Crippen LogP contribution >= 0.6 is 0 Å². The van der Waals surface area contributed by atoms with E-state index in [4.69, 9.17) is 0 Å². The molecule has 2 atom stereocenters. The van der Waals surface area contributed by atoms with Gasteiger partial charge in [-0.1, -0.05) is 0 Å². The molecular weight excluding hydrogens is 100 g/mol. The largest absolute Gasteiger partial charge is 0.302 e. The van der Waals surface area contributed by atoms with Crippen molar-refractivity contribution in [2.45, 2.75) is 19.0 Å². The van der Waals surface area contributed by atoms with E-state index in [2.05, 4.69) is 10.6 Å². The molecule has 0 radical (unpaired) electrons. The van der Waals surface area contributed by atoms with Gasteiger partial charge in [-0.05, 0) is 25.3 Å². The molecule has 2 fully saturated rings. The van der Waals surface area contributed by atoms with Crippen LogP contribution in [0.5, 0.6) is 0 Å². The molecule has 2 heteroatoms. The summed E-state index contributed by atoms with van der Waals surface area (Å²) in [6.45, 7) is 2.46. The third-order valence-electron chi connectivity index (χ3n) is 2.19. The second-order valence-electron chi connectivity index (χ2n) is 2.74. The predicted molar refractivity (Wildman–Crippen MR) is 32.5 cm³/mol. The van der Waals surface area contributed by atoms with E-state index in [-0.39, 0.29) is 0 Å². The monoisotopic (exact) mass is 112 g/mol. The molecule has 2 nitrogen and oxygen atoms in total. The summed E-state index contributed by atoms with van der Waals surface area (Å²) >= 11 is 0. The highest BCUT2D eigenvalue weighted by molar-refractivity contribution is 4.88. The molecule has 0 aromatic heterocycles. The molecule has 2 N–H and O–H groups in total. The van der Waals surface area contributed by atoms with E-state index < -0.39 is 0 Å². The quantitative estimate of drug-likeness (QED) is 0.458. The van der Waals surface area contributed by atoms with Gasteiger partial charge in [0.15, 0.2) is 0 Å². The van der Waals surface area contributed by atoms with Crippen molar-refractivity contribution in [3.63, 3.8) is 0 Å². The summed E-state index contributed by atoms with van der Waals surface area (Å²) in [6, 6.07) is 0. The standard InChI is InChI=1S/C6H12N2/c1-2-5-4-8-6(5)7-3-1/h5-8H,1-4H2. The van der Waals surface area contributed by atoms with E-state index in [9.17, 15) is 0 Å². The summed E-state index contributed by atoms with van der Waals surface area (Å²) in [4.78, 5) is 0. The third-order valence-corrected chi connectivity index (χ3v) is 2.19. The third kappa shape index (κ3) is 0.565. The number of fused-ring (bicyclic) bond motifs is 1. The molecule has 0 spiro atoms. The van der Waals surface area contributed by atoms with Crippen LogP contribution in [-0.2, 0) is 0 Å². The van der Waals surface area contributed by atoms with Gasteiger partial charge in [0.2, 0.25) is 0 Å². The molecule has 0 aliphatic carbocycles. The Morgan fingerprint density at radius 3 is 2.62 bits per heavy atom. The van der Waals surface area contributed by atoms with Crippen LogP contribution in [0.1, 0.15) is 12.8 Å². The van der Waals surface area contributed by atoms with E-state index in [1.54, 1.807) is 0 Å². The van der Waals surface area contributed by atoms with Crippen molar-refractivity contribution in [1.82, 2.24) is 10.6 Å². The maximum atomic E-state index is 3.41. The van der Waals surface area contributed by atoms with Crippen molar-refractivity contribution in [2.24, 2.45) is 5.92 Å². The first-order valence-corrected chi connectivity index (χ1v) is 3.43. The van der Waals surface area contributed by atoms with Crippen LogP contribution < -0.4 is 10.6 Å². The van der Waals surface area contributed by atoms with Crippen molar-refractivity contribution in [3.8, 4) is 0 Å². The molecule has 46 valence electrons. The number of hydrogen-bond acceptors (Lipinski definition) is 2. The molecular formula is C6H12N2. The van der Waals surface area contributed by atoms with Crippen molar-refractivity contribution in [3.05, 3.63) is 0 Å². The number of piperidine rings is 1. The van der Waals surface area contributed by atoms with Gasteiger partial charge in [-0.2, -0.15) is 0 Å². The van der Waals surface area contributed by atoms with Crippen LogP contribution in [0, 0.1) is 5.92 Å². The molecule has 2 heterocycles. The number of hydrogen-bond donors (Lipinski definition) is 2. The maximum Gasteiger partial charge on any atom is 0.0613 e. The lowest BCUT2D eigenvalue weighted by molar-refractivity contribution is 0.146. The Labute approximate surface area is 49.7 Å². The minimum Gasteiger partial charge on any atom is -0.302 e. The highest BCUT2D eigenvalue weighted by Crippen LogP contribution is 2.19. The van der Waals surface area contributed by atoms with E-state index in [0.29, 0.717) is 6.17 Å². The fourth-order valence-electron chi connectivity index (χ4n) is 1.53. The highest BCUT2D eigenvalue weighted by Gasteiger charge is 2.31. The zero-order valence-electron chi connectivity index (χ0n) is 4.98. The van der Waals surface area contributed by atoms with Crippen molar-refractivity contribution in [1.29, 1.82) is 0 Å². The Balaban J connectivity index is 1.92. The van der Waals surface area contributed by atoms with E-state index >= 15 is 0 Å². The zero-order valence-corrected chi connectivity index (χ0v) is 4.98.